The van der Waals surface area contributed by atoms with E-state index in [0.717, 1.165) is 5.56 Å². The lowest BCUT2D eigenvalue weighted by Crippen LogP contribution is -2.45. The van der Waals surface area contributed by atoms with Gasteiger partial charge in [-0.2, -0.15) is 0 Å². The zero-order valence-corrected chi connectivity index (χ0v) is 11.7. The number of nitrogens with one attached hydrogen (secondary N) is 1. The molecule has 0 bridgehead atoms. The van der Waals surface area contributed by atoms with Crippen molar-refractivity contribution in [1.82, 2.24) is 5.32 Å². The van der Waals surface area contributed by atoms with Crippen LogP contribution in [0.4, 0.5) is 0 Å². The predicted molar refractivity (Wildman–Crippen MR) is 74.8 cm³/mol. The molecule has 0 aliphatic rings. The predicted octanol–water partition coefficient (Wildman–Crippen LogP) is 2.89. The SMILES string of the molecule is CC(C)(CO)NC(=O)/C=C/c1ccc(Cl)c(Cl)c1. The molecule has 98 valence electrons. The van der Waals surface area contributed by atoms with Crippen LogP contribution in [0.5, 0.6) is 0 Å². The molecule has 5 heteroatoms. The molecule has 0 radical (unpaired) electrons. The second kappa shape index (κ2) is 6.23. The Morgan fingerprint density at radius 3 is 2.61 bits per heavy atom. The summed E-state index contributed by atoms with van der Waals surface area (Å²) in [6, 6.07) is 5.10. The molecule has 0 saturated heterocycles. The Labute approximate surface area is 116 Å². The van der Waals surface area contributed by atoms with E-state index in [9.17, 15) is 4.79 Å². The maximum Gasteiger partial charge on any atom is 0.244 e. The molecule has 0 fully saturated rings. The van der Waals surface area contributed by atoms with Crippen LogP contribution in [0, 0.1) is 0 Å². The van der Waals surface area contributed by atoms with Crippen LogP contribution in [-0.4, -0.2) is 23.2 Å². The summed E-state index contributed by atoms with van der Waals surface area (Å²) in [7, 11) is 0. The number of hydrogen-bond donors (Lipinski definition) is 2. The third kappa shape index (κ3) is 4.69. The standard InChI is InChI=1S/C13H15Cl2NO2/c1-13(2,8-17)16-12(18)6-4-9-3-5-10(14)11(15)7-9/h3-7,17H,8H2,1-2H3,(H,16,18)/b6-4+. The number of carbonyl (C=O) groups is 1. The highest BCUT2D eigenvalue weighted by Crippen LogP contribution is 2.23. The van der Waals surface area contributed by atoms with Gasteiger partial charge in [-0.05, 0) is 37.6 Å². The van der Waals surface area contributed by atoms with E-state index in [1.165, 1.54) is 6.08 Å². The number of carbonyl (C=O) groups excluding carboxylic acids is 1. The molecule has 2 N–H and O–H groups in total. The van der Waals surface area contributed by atoms with Gasteiger partial charge in [0.25, 0.3) is 0 Å². The molecule has 0 aromatic heterocycles. The molecule has 0 aliphatic carbocycles. The van der Waals surface area contributed by atoms with Crippen LogP contribution in [-0.2, 0) is 4.79 Å². The largest absolute Gasteiger partial charge is 0.394 e. The number of halogens is 2. The Morgan fingerprint density at radius 2 is 2.06 bits per heavy atom. The third-order valence-corrected chi connectivity index (χ3v) is 2.97. The van der Waals surface area contributed by atoms with Crippen molar-refractivity contribution >= 4 is 35.2 Å². The summed E-state index contributed by atoms with van der Waals surface area (Å²) < 4.78 is 0. The summed E-state index contributed by atoms with van der Waals surface area (Å²) in [5, 5.41) is 12.6. The van der Waals surface area contributed by atoms with Gasteiger partial charge >= 0.3 is 0 Å². The van der Waals surface area contributed by atoms with E-state index in [1.807, 2.05) is 0 Å². The molecular formula is C13H15Cl2NO2. The Kier molecular flexibility index (Phi) is 5.20. The van der Waals surface area contributed by atoms with E-state index < -0.39 is 5.54 Å². The van der Waals surface area contributed by atoms with E-state index >= 15 is 0 Å². The minimum atomic E-state index is -0.640. The summed E-state index contributed by atoms with van der Waals surface area (Å²) in [5.74, 6) is -0.278. The Morgan fingerprint density at radius 1 is 1.39 bits per heavy atom. The third-order valence-electron chi connectivity index (χ3n) is 2.23. The molecule has 1 aromatic rings. The van der Waals surface area contributed by atoms with Gasteiger partial charge in [0.05, 0.1) is 22.2 Å². The van der Waals surface area contributed by atoms with Crippen molar-refractivity contribution in [2.75, 3.05) is 6.61 Å². The highest BCUT2D eigenvalue weighted by Gasteiger charge is 2.17. The number of amides is 1. The van der Waals surface area contributed by atoms with Gasteiger partial charge in [-0.15, -0.1) is 0 Å². The maximum absolute atomic E-state index is 11.6. The highest BCUT2D eigenvalue weighted by molar-refractivity contribution is 6.42. The molecule has 3 nitrogen and oxygen atoms in total. The van der Waals surface area contributed by atoms with E-state index in [0.29, 0.717) is 10.0 Å². The molecule has 0 atom stereocenters. The minimum absolute atomic E-state index is 0.126. The molecule has 0 heterocycles. The van der Waals surface area contributed by atoms with Crippen molar-refractivity contribution in [3.8, 4) is 0 Å². The zero-order valence-electron chi connectivity index (χ0n) is 10.2. The molecule has 1 aromatic carbocycles. The lowest BCUT2D eigenvalue weighted by molar-refractivity contribution is -0.118. The smallest absolute Gasteiger partial charge is 0.244 e. The molecular weight excluding hydrogens is 273 g/mol. The van der Waals surface area contributed by atoms with Gasteiger partial charge in [0.1, 0.15) is 0 Å². The van der Waals surface area contributed by atoms with E-state index in [4.69, 9.17) is 28.3 Å². The number of rotatable bonds is 4. The van der Waals surface area contributed by atoms with Crippen LogP contribution in [0.2, 0.25) is 10.0 Å². The van der Waals surface area contributed by atoms with Crippen LogP contribution >= 0.6 is 23.2 Å². The molecule has 18 heavy (non-hydrogen) atoms. The number of aliphatic hydroxyl groups excluding tert-OH is 1. The van der Waals surface area contributed by atoms with Crippen molar-refractivity contribution < 1.29 is 9.90 Å². The number of benzene rings is 1. The number of aliphatic hydroxyl groups is 1. The van der Waals surface area contributed by atoms with E-state index in [2.05, 4.69) is 5.32 Å². The van der Waals surface area contributed by atoms with Gasteiger partial charge in [-0.25, -0.2) is 0 Å². The molecule has 0 spiro atoms. The Bertz CT molecular complexity index is 470. The first-order chi connectivity index (χ1) is 8.34. The van der Waals surface area contributed by atoms with E-state index in [1.54, 1.807) is 38.1 Å². The van der Waals surface area contributed by atoms with Crippen LogP contribution in [0.3, 0.4) is 0 Å². The summed E-state index contributed by atoms with van der Waals surface area (Å²) in [6.07, 6.45) is 3.02. The summed E-state index contributed by atoms with van der Waals surface area (Å²) >= 11 is 11.6. The van der Waals surface area contributed by atoms with Crippen LogP contribution in [0.15, 0.2) is 24.3 Å². The highest BCUT2D eigenvalue weighted by atomic mass is 35.5. The quantitative estimate of drug-likeness (QED) is 0.837. The molecule has 1 rings (SSSR count). The van der Waals surface area contributed by atoms with Gasteiger partial charge in [-0.3, -0.25) is 4.79 Å². The van der Waals surface area contributed by atoms with Crippen molar-refractivity contribution in [2.45, 2.75) is 19.4 Å². The van der Waals surface area contributed by atoms with Crippen molar-refractivity contribution in [3.05, 3.63) is 39.9 Å². The van der Waals surface area contributed by atoms with Crippen LogP contribution < -0.4 is 5.32 Å². The van der Waals surface area contributed by atoms with Gasteiger partial charge < -0.3 is 10.4 Å². The molecule has 0 saturated carbocycles. The monoisotopic (exact) mass is 287 g/mol. The molecule has 0 unspecified atom stereocenters. The summed E-state index contributed by atoms with van der Waals surface area (Å²) in [5.41, 5.74) is 0.139. The molecule has 0 aliphatic heterocycles. The first-order valence-corrected chi connectivity index (χ1v) is 6.16. The zero-order chi connectivity index (χ0) is 13.8. The van der Waals surface area contributed by atoms with E-state index in [-0.39, 0.29) is 12.5 Å². The summed E-state index contributed by atoms with van der Waals surface area (Å²) in [4.78, 5) is 11.6. The van der Waals surface area contributed by atoms with Gasteiger partial charge in [0.2, 0.25) is 5.91 Å². The first kappa shape index (κ1) is 15.0. The van der Waals surface area contributed by atoms with Gasteiger partial charge in [-0.1, -0.05) is 29.3 Å². The second-order valence-corrected chi connectivity index (χ2v) is 5.35. The normalized spacial score (nSPS) is 11.8. The fourth-order valence-electron chi connectivity index (χ4n) is 1.20. The number of hydrogen-bond acceptors (Lipinski definition) is 2. The van der Waals surface area contributed by atoms with Crippen LogP contribution in [0.25, 0.3) is 6.08 Å². The van der Waals surface area contributed by atoms with Crippen LogP contribution in [0.1, 0.15) is 19.4 Å². The first-order valence-electron chi connectivity index (χ1n) is 5.40. The maximum atomic E-state index is 11.6. The minimum Gasteiger partial charge on any atom is -0.394 e. The Balaban J connectivity index is 2.69. The lowest BCUT2D eigenvalue weighted by atomic mass is 10.1. The average molecular weight is 288 g/mol. The van der Waals surface area contributed by atoms with Gasteiger partial charge in [0.15, 0.2) is 0 Å². The van der Waals surface area contributed by atoms with Crippen molar-refractivity contribution in [2.24, 2.45) is 0 Å². The average Bonchev–Trinajstić information content (AvgIpc) is 2.30. The topological polar surface area (TPSA) is 49.3 Å². The van der Waals surface area contributed by atoms with Crippen molar-refractivity contribution in [3.63, 3.8) is 0 Å². The fraction of sp³-hybridized carbons (Fsp3) is 0.308. The second-order valence-electron chi connectivity index (χ2n) is 4.54. The summed E-state index contributed by atoms with van der Waals surface area (Å²) in [6.45, 7) is 3.34. The lowest BCUT2D eigenvalue weighted by Gasteiger charge is -2.22. The molecule has 1 amide bonds. The fourth-order valence-corrected chi connectivity index (χ4v) is 1.51. The Hall–Kier alpha value is -1.03. The van der Waals surface area contributed by atoms with Gasteiger partial charge in [0, 0.05) is 6.08 Å². The van der Waals surface area contributed by atoms with Crippen molar-refractivity contribution in [1.29, 1.82) is 0 Å².